The largest absolute Gasteiger partial charge is 0.508 e. The molecule has 0 aromatic heterocycles. The zero-order valence-electron chi connectivity index (χ0n) is 20.7. The van der Waals surface area contributed by atoms with E-state index in [4.69, 9.17) is 0 Å². The normalized spacial score (nSPS) is 17.2. The Balaban J connectivity index is 1.49. The fraction of sp³-hybridized carbons (Fsp3) is 0.414. The fourth-order valence-electron chi connectivity index (χ4n) is 4.95. The van der Waals surface area contributed by atoms with Crippen LogP contribution >= 0.6 is 0 Å². The van der Waals surface area contributed by atoms with E-state index in [9.17, 15) is 15.0 Å². The molecule has 4 rings (SSSR count). The third kappa shape index (κ3) is 5.20. The highest BCUT2D eigenvalue weighted by Gasteiger charge is 2.53. The Bertz CT molecular complexity index is 1120. The van der Waals surface area contributed by atoms with Crippen LogP contribution in [0.15, 0.2) is 65.6 Å². The van der Waals surface area contributed by atoms with Crippen LogP contribution in [0.25, 0.3) is 11.1 Å². The first kappa shape index (κ1) is 24.1. The summed E-state index contributed by atoms with van der Waals surface area (Å²) in [6, 6.07) is 14.7. The summed E-state index contributed by atoms with van der Waals surface area (Å²) in [4.78, 5) is 15.6. The van der Waals surface area contributed by atoms with Gasteiger partial charge >= 0.3 is 0 Å². The van der Waals surface area contributed by atoms with E-state index in [-0.39, 0.29) is 17.4 Å². The molecule has 2 aromatic rings. The van der Waals surface area contributed by atoms with Crippen molar-refractivity contribution in [3.8, 4) is 11.1 Å². The number of carbonyl (C=O) groups excluding carboxylic acids is 1. The lowest BCUT2D eigenvalue weighted by Crippen LogP contribution is -2.27. The molecule has 5 heteroatoms. The molecule has 2 aromatic carbocycles. The van der Waals surface area contributed by atoms with E-state index in [1.54, 1.807) is 6.08 Å². The molecule has 0 aliphatic heterocycles. The van der Waals surface area contributed by atoms with Gasteiger partial charge in [-0.05, 0) is 79.6 Å². The average Bonchev–Trinajstić information content (AvgIpc) is 3.59. The Morgan fingerprint density at radius 2 is 1.79 bits per heavy atom. The van der Waals surface area contributed by atoms with Crippen LogP contribution in [-0.2, 0) is 11.3 Å². The topological polar surface area (TPSA) is 72.8 Å². The summed E-state index contributed by atoms with van der Waals surface area (Å²) in [5.74, 6) is 0.493. The SMILES string of the molecule is Cc1ccc(NC(=O)C2(C3=CC(O)=C(O)CC3)CC2)cc1-c1ccc(CN(C)CC(C)C)cc1. The summed E-state index contributed by atoms with van der Waals surface area (Å²) in [6.45, 7) is 8.54. The first-order chi connectivity index (χ1) is 16.2. The molecule has 0 bridgehead atoms. The van der Waals surface area contributed by atoms with E-state index in [1.165, 1.54) is 5.56 Å². The van der Waals surface area contributed by atoms with Crippen LogP contribution in [0.3, 0.4) is 0 Å². The lowest BCUT2D eigenvalue weighted by atomic mass is 9.87. The predicted molar refractivity (Wildman–Crippen MR) is 138 cm³/mol. The van der Waals surface area contributed by atoms with Crippen LogP contribution in [0.4, 0.5) is 5.69 Å². The molecule has 1 fully saturated rings. The summed E-state index contributed by atoms with van der Waals surface area (Å²) in [5.41, 5.74) is 5.79. The van der Waals surface area contributed by atoms with E-state index in [1.807, 2.05) is 18.2 Å². The lowest BCUT2D eigenvalue weighted by Gasteiger charge is -2.22. The van der Waals surface area contributed by atoms with Crippen LogP contribution in [0.1, 0.15) is 50.7 Å². The zero-order valence-corrected chi connectivity index (χ0v) is 20.7. The molecule has 0 spiro atoms. The van der Waals surface area contributed by atoms with Gasteiger partial charge in [0.1, 0.15) is 5.76 Å². The van der Waals surface area contributed by atoms with Gasteiger partial charge in [0.25, 0.3) is 0 Å². The van der Waals surface area contributed by atoms with Crippen molar-refractivity contribution in [3.05, 3.63) is 76.8 Å². The van der Waals surface area contributed by atoms with Gasteiger partial charge in [-0.3, -0.25) is 4.79 Å². The first-order valence-electron chi connectivity index (χ1n) is 12.2. The molecule has 0 unspecified atom stereocenters. The maximum Gasteiger partial charge on any atom is 0.234 e. The van der Waals surface area contributed by atoms with E-state index in [2.05, 4.69) is 62.3 Å². The molecule has 34 heavy (non-hydrogen) atoms. The van der Waals surface area contributed by atoms with Gasteiger partial charge in [-0.1, -0.05) is 49.8 Å². The molecule has 0 saturated heterocycles. The van der Waals surface area contributed by atoms with Crippen LogP contribution in [0, 0.1) is 18.3 Å². The second-order valence-electron chi connectivity index (χ2n) is 10.4. The second kappa shape index (κ2) is 9.67. The minimum Gasteiger partial charge on any atom is -0.508 e. The highest BCUT2D eigenvalue weighted by atomic mass is 16.3. The molecule has 1 saturated carbocycles. The molecular formula is C29H36N2O3. The van der Waals surface area contributed by atoms with Crippen molar-refractivity contribution in [2.45, 2.75) is 53.0 Å². The summed E-state index contributed by atoms with van der Waals surface area (Å²) >= 11 is 0. The Morgan fingerprint density at radius 3 is 2.41 bits per heavy atom. The number of benzene rings is 2. The van der Waals surface area contributed by atoms with Crippen molar-refractivity contribution in [2.75, 3.05) is 18.9 Å². The van der Waals surface area contributed by atoms with Crippen molar-refractivity contribution in [2.24, 2.45) is 11.3 Å². The number of nitrogens with zero attached hydrogens (tertiary/aromatic N) is 1. The van der Waals surface area contributed by atoms with Crippen molar-refractivity contribution in [1.29, 1.82) is 0 Å². The Morgan fingerprint density at radius 1 is 1.09 bits per heavy atom. The Hall–Kier alpha value is -3.05. The molecule has 3 N–H and O–H groups in total. The molecule has 2 aliphatic rings. The number of aliphatic hydroxyl groups excluding tert-OH is 2. The third-order valence-electron chi connectivity index (χ3n) is 6.93. The van der Waals surface area contributed by atoms with E-state index in [0.717, 1.165) is 53.9 Å². The number of amides is 1. The van der Waals surface area contributed by atoms with Gasteiger partial charge in [-0.2, -0.15) is 0 Å². The van der Waals surface area contributed by atoms with E-state index < -0.39 is 5.41 Å². The van der Waals surface area contributed by atoms with Crippen LogP contribution in [0.5, 0.6) is 0 Å². The summed E-state index contributed by atoms with van der Waals surface area (Å²) < 4.78 is 0. The minimum absolute atomic E-state index is 0.000667. The minimum atomic E-state index is -0.566. The van der Waals surface area contributed by atoms with Crippen molar-refractivity contribution in [1.82, 2.24) is 4.90 Å². The molecular weight excluding hydrogens is 424 g/mol. The van der Waals surface area contributed by atoms with Crippen LogP contribution in [-0.4, -0.2) is 34.6 Å². The molecule has 0 atom stereocenters. The molecule has 1 amide bonds. The van der Waals surface area contributed by atoms with E-state index >= 15 is 0 Å². The number of hydrogen-bond acceptors (Lipinski definition) is 4. The van der Waals surface area contributed by atoms with Crippen LogP contribution in [0.2, 0.25) is 0 Å². The molecule has 0 heterocycles. The summed E-state index contributed by atoms with van der Waals surface area (Å²) in [7, 11) is 2.15. The highest BCUT2D eigenvalue weighted by molar-refractivity contribution is 6.00. The molecule has 0 radical (unpaired) electrons. The number of anilines is 1. The third-order valence-corrected chi connectivity index (χ3v) is 6.93. The standard InChI is InChI=1S/C29H36N2O3/c1-19(2)17-31(4)18-21-6-8-22(9-7-21)25-16-24(11-5-20(25)3)30-28(34)29(13-14-29)23-10-12-26(32)27(33)15-23/h5-9,11,15-16,19,32-33H,10,12-14,17-18H2,1-4H3,(H,30,34). The monoisotopic (exact) mass is 460 g/mol. The fourth-order valence-corrected chi connectivity index (χ4v) is 4.95. The Kier molecular flexibility index (Phi) is 6.85. The van der Waals surface area contributed by atoms with Gasteiger partial charge < -0.3 is 20.4 Å². The van der Waals surface area contributed by atoms with Gasteiger partial charge in [0, 0.05) is 25.2 Å². The van der Waals surface area contributed by atoms with Gasteiger partial charge in [-0.25, -0.2) is 0 Å². The number of aryl methyl sites for hydroxylation is 1. The molecule has 5 nitrogen and oxygen atoms in total. The number of aliphatic hydroxyl groups is 2. The molecule has 2 aliphatic carbocycles. The number of nitrogens with one attached hydrogen (secondary N) is 1. The van der Waals surface area contributed by atoms with Gasteiger partial charge in [0.05, 0.1) is 5.41 Å². The number of allylic oxidation sites excluding steroid dienone is 2. The number of carbonyl (C=O) groups is 1. The quantitative estimate of drug-likeness (QED) is 0.419. The average molecular weight is 461 g/mol. The predicted octanol–water partition coefficient (Wildman–Crippen LogP) is 6.52. The first-order valence-corrected chi connectivity index (χ1v) is 12.2. The Labute approximate surface area is 202 Å². The van der Waals surface area contributed by atoms with Gasteiger partial charge in [0.2, 0.25) is 5.91 Å². The van der Waals surface area contributed by atoms with Gasteiger partial charge in [0.15, 0.2) is 5.76 Å². The lowest BCUT2D eigenvalue weighted by molar-refractivity contribution is -0.120. The van der Waals surface area contributed by atoms with Crippen LogP contribution < -0.4 is 5.32 Å². The number of hydrogen-bond donors (Lipinski definition) is 3. The highest BCUT2D eigenvalue weighted by Crippen LogP contribution is 2.55. The molecule has 180 valence electrons. The van der Waals surface area contributed by atoms with Crippen molar-refractivity contribution >= 4 is 11.6 Å². The van der Waals surface area contributed by atoms with Gasteiger partial charge in [-0.15, -0.1) is 0 Å². The number of rotatable bonds is 8. The smallest absolute Gasteiger partial charge is 0.234 e. The van der Waals surface area contributed by atoms with Crippen molar-refractivity contribution in [3.63, 3.8) is 0 Å². The zero-order chi connectivity index (χ0) is 24.5. The second-order valence-corrected chi connectivity index (χ2v) is 10.4. The summed E-state index contributed by atoms with van der Waals surface area (Å²) in [5, 5.41) is 22.7. The summed E-state index contributed by atoms with van der Waals surface area (Å²) in [6.07, 6.45) is 4.09. The van der Waals surface area contributed by atoms with Crippen molar-refractivity contribution < 1.29 is 15.0 Å². The maximum atomic E-state index is 13.2. The van der Waals surface area contributed by atoms with E-state index in [0.29, 0.717) is 18.8 Å². The maximum absolute atomic E-state index is 13.2.